The third-order valence-corrected chi connectivity index (χ3v) is 5.08. The number of rotatable bonds is 7. The summed E-state index contributed by atoms with van der Waals surface area (Å²) in [7, 11) is 2.25. The van der Waals surface area contributed by atoms with E-state index >= 15 is 0 Å². The lowest BCUT2D eigenvalue weighted by Gasteiger charge is -2.33. The largest absolute Gasteiger partial charge is 1.00 e. The van der Waals surface area contributed by atoms with E-state index in [0.29, 0.717) is 17.9 Å². The minimum atomic E-state index is -0.325. The quantitative estimate of drug-likeness (QED) is 0.339. The van der Waals surface area contributed by atoms with Crippen molar-refractivity contribution >= 4 is 5.97 Å². The highest BCUT2D eigenvalue weighted by atomic mass is 127. The SMILES string of the molecule is CCOc1ccccc1C(=O)OC(C[N+]1(C)CCCC1)c1ccccc1.[I-]. The Kier molecular flexibility index (Phi) is 8.10. The minimum absolute atomic E-state index is 0. The fourth-order valence-electron chi connectivity index (χ4n) is 3.67. The molecule has 27 heavy (non-hydrogen) atoms. The maximum atomic E-state index is 12.9. The molecule has 0 aliphatic carbocycles. The number of hydrogen-bond donors (Lipinski definition) is 0. The van der Waals surface area contributed by atoms with Gasteiger partial charge in [-0.05, 0) is 24.6 Å². The van der Waals surface area contributed by atoms with E-state index in [1.54, 1.807) is 6.07 Å². The van der Waals surface area contributed by atoms with Gasteiger partial charge < -0.3 is 37.9 Å². The van der Waals surface area contributed by atoms with E-state index in [9.17, 15) is 4.79 Å². The van der Waals surface area contributed by atoms with Crippen LogP contribution in [0.3, 0.4) is 0 Å². The molecule has 0 aromatic heterocycles. The summed E-state index contributed by atoms with van der Waals surface area (Å²) in [6.07, 6.45) is 2.21. The number of nitrogens with zero attached hydrogens (tertiary/aromatic N) is 1. The number of esters is 1. The first kappa shape index (κ1) is 21.7. The molecule has 5 heteroatoms. The number of para-hydroxylation sites is 1. The molecule has 4 nitrogen and oxygen atoms in total. The number of likely N-dealkylation sites (tertiary alicyclic amines) is 1. The molecule has 1 atom stereocenters. The molecule has 1 aliphatic heterocycles. The molecule has 1 saturated heterocycles. The highest BCUT2D eigenvalue weighted by Crippen LogP contribution is 2.28. The van der Waals surface area contributed by atoms with Crippen LogP contribution in [-0.2, 0) is 4.74 Å². The van der Waals surface area contributed by atoms with Crippen molar-refractivity contribution in [1.29, 1.82) is 0 Å². The summed E-state index contributed by atoms with van der Waals surface area (Å²) < 4.78 is 12.5. The van der Waals surface area contributed by atoms with Crippen LogP contribution in [0.1, 0.15) is 41.8 Å². The van der Waals surface area contributed by atoms with Crippen LogP contribution in [-0.4, -0.2) is 43.7 Å². The lowest BCUT2D eigenvalue weighted by atomic mass is 10.1. The van der Waals surface area contributed by atoms with Gasteiger partial charge in [0.2, 0.25) is 0 Å². The van der Waals surface area contributed by atoms with Crippen molar-refractivity contribution in [3.8, 4) is 5.75 Å². The number of ether oxygens (including phenoxy) is 2. The lowest BCUT2D eigenvalue weighted by molar-refractivity contribution is -0.901. The molecule has 1 heterocycles. The maximum Gasteiger partial charge on any atom is 0.342 e. The van der Waals surface area contributed by atoms with Crippen LogP contribution in [0.4, 0.5) is 0 Å². The van der Waals surface area contributed by atoms with Gasteiger partial charge in [0.05, 0.1) is 26.7 Å². The van der Waals surface area contributed by atoms with Gasteiger partial charge in [-0.15, -0.1) is 0 Å². The van der Waals surface area contributed by atoms with Crippen LogP contribution in [0.25, 0.3) is 0 Å². The zero-order valence-corrected chi connectivity index (χ0v) is 18.2. The number of quaternary nitrogens is 1. The van der Waals surface area contributed by atoms with E-state index in [1.165, 1.54) is 12.8 Å². The standard InChI is InChI=1S/C22H28NO3.HI/c1-3-25-20-14-8-7-13-19(20)22(24)26-21(18-11-5-4-6-12-18)17-23(2)15-9-10-16-23;/h4-8,11-14,21H,3,9-10,15-17H2,1-2H3;1H/q+1;/p-1. The molecule has 1 fully saturated rings. The summed E-state index contributed by atoms with van der Waals surface area (Å²) in [6, 6.07) is 17.3. The van der Waals surface area contributed by atoms with E-state index in [-0.39, 0.29) is 36.0 Å². The van der Waals surface area contributed by atoms with E-state index in [4.69, 9.17) is 9.47 Å². The van der Waals surface area contributed by atoms with Crippen molar-refractivity contribution in [3.63, 3.8) is 0 Å². The van der Waals surface area contributed by atoms with E-state index in [0.717, 1.165) is 29.7 Å². The van der Waals surface area contributed by atoms with Crippen LogP contribution in [0, 0.1) is 0 Å². The van der Waals surface area contributed by atoms with Crippen molar-refractivity contribution in [3.05, 3.63) is 65.7 Å². The molecule has 2 aromatic rings. The molecule has 0 radical (unpaired) electrons. The topological polar surface area (TPSA) is 35.5 Å². The summed E-state index contributed by atoms with van der Waals surface area (Å²) in [5.41, 5.74) is 1.53. The summed E-state index contributed by atoms with van der Waals surface area (Å²) in [4.78, 5) is 12.9. The second-order valence-corrected chi connectivity index (χ2v) is 7.19. The Labute approximate surface area is 179 Å². The average Bonchev–Trinajstić information content (AvgIpc) is 3.09. The fraction of sp³-hybridized carbons (Fsp3) is 0.409. The fourth-order valence-corrected chi connectivity index (χ4v) is 3.67. The summed E-state index contributed by atoms with van der Waals surface area (Å²) in [5.74, 6) is 0.252. The molecular formula is C22H28INO3. The van der Waals surface area contributed by atoms with Crippen molar-refractivity contribution in [1.82, 2.24) is 0 Å². The van der Waals surface area contributed by atoms with Crippen molar-refractivity contribution in [2.75, 3.05) is 33.3 Å². The minimum Gasteiger partial charge on any atom is -1.00 e. The van der Waals surface area contributed by atoms with E-state index in [1.807, 2.05) is 55.5 Å². The Balaban J connectivity index is 0.00000261. The van der Waals surface area contributed by atoms with Crippen molar-refractivity contribution in [2.45, 2.75) is 25.9 Å². The normalized spacial score (nSPS) is 16.2. The van der Waals surface area contributed by atoms with Crippen molar-refractivity contribution in [2.24, 2.45) is 0 Å². The van der Waals surface area contributed by atoms with Gasteiger partial charge in [0.25, 0.3) is 0 Å². The monoisotopic (exact) mass is 481 g/mol. The van der Waals surface area contributed by atoms with Gasteiger partial charge >= 0.3 is 5.97 Å². The maximum absolute atomic E-state index is 12.9. The molecule has 1 aliphatic rings. The van der Waals surface area contributed by atoms with Crippen molar-refractivity contribution < 1.29 is 42.7 Å². The molecule has 3 rings (SSSR count). The van der Waals surface area contributed by atoms with Gasteiger partial charge in [-0.3, -0.25) is 0 Å². The van der Waals surface area contributed by atoms with E-state index < -0.39 is 0 Å². The number of hydrogen-bond acceptors (Lipinski definition) is 3. The summed E-state index contributed by atoms with van der Waals surface area (Å²) in [6.45, 7) is 5.49. The second-order valence-electron chi connectivity index (χ2n) is 7.19. The first-order valence-corrected chi connectivity index (χ1v) is 9.42. The van der Waals surface area contributed by atoms with Gasteiger partial charge in [-0.25, -0.2) is 4.79 Å². The molecule has 0 amide bonds. The highest BCUT2D eigenvalue weighted by Gasteiger charge is 2.33. The van der Waals surface area contributed by atoms with Gasteiger partial charge in [-0.1, -0.05) is 42.5 Å². The summed E-state index contributed by atoms with van der Waals surface area (Å²) in [5, 5.41) is 0. The summed E-state index contributed by atoms with van der Waals surface area (Å²) >= 11 is 0. The van der Waals surface area contributed by atoms with Gasteiger partial charge in [0, 0.05) is 12.8 Å². The van der Waals surface area contributed by atoms with Crippen LogP contribution < -0.4 is 28.7 Å². The zero-order valence-electron chi connectivity index (χ0n) is 16.1. The lowest BCUT2D eigenvalue weighted by Crippen LogP contribution is -3.00. The molecule has 2 aromatic carbocycles. The molecule has 0 spiro atoms. The van der Waals surface area contributed by atoms with Gasteiger partial charge in [-0.2, -0.15) is 0 Å². The Hall–Kier alpha value is -1.60. The van der Waals surface area contributed by atoms with E-state index in [2.05, 4.69) is 7.05 Å². The number of carbonyl (C=O) groups is 1. The first-order chi connectivity index (χ1) is 12.6. The van der Waals surface area contributed by atoms with Crippen LogP contribution in [0.2, 0.25) is 0 Å². The number of benzene rings is 2. The molecule has 0 saturated carbocycles. The Morgan fingerprint density at radius 1 is 1.04 bits per heavy atom. The van der Waals surface area contributed by atoms with Gasteiger partial charge in [0.15, 0.2) is 6.10 Å². The average molecular weight is 481 g/mol. The second kappa shape index (κ2) is 10.1. The molecule has 1 unspecified atom stereocenters. The predicted octanol–water partition coefficient (Wildman–Crippen LogP) is 1.23. The third-order valence-electron chi connectivity index (χ3n) is 5.08. The smallest absolute Gasteiger partial charge is 0.342 e. The molecule has 146 valence electrons. The Morgan fingerprint density at radius 2 is 1.67 bits per heavy atom. The first-order valence-electron chi connectivity index (χ1n) is 9.42. The predicted molar refractivity (Wildman–Crippen MR) is 102 cm³/mol. The van der Waals surface area contributed by atoms with Crippen LogP contribution >= 0.6 is 0 Å². The Bertz CT molecular complexity index is 729. The van der Waals surface area contributed by atoms with Gasteiger partial charge in [0.1, 0.15) is 17.9 Å². The number of likely N-dealkylation sites (N-methyl/N-ethyl adjacent to an activating group) is 1. The molecular weight excluding hydrogens is 453 g/mol. The third kappa shape index (κ3) is 5.69. The number of halogens is 1. The highest BCUT2D eigenvalue weighted by molar-refractivity contribution is 5.92. The molecule has 0 N–H and O–H groups in total. The Morgan fingerprint density at radius 3 is 2.33 bits per heavy atom. The number of carbonyl (C=O) groups excluding carboxylic acids is 1. The van der Waals surface area contributed by atoms with Crippen LogP contribution in [0.5, 0.6) is 5.75 Å². The zero-order chi connectivity index (χ0) is 18.4. The molecule has 0 bridgehead atoms. The van der Waals surface area contributed by atoms with Crippen LogP contribution in [0.15, 0.2) is 54.6 Å².